The van der Waals surface area contributed by atoms with Crippen LogP contribution in [0.5, 0.6) is 11.5 Å². The highest BCUT2D eigenvalue weighted by molar-refractivity contribution is 7.90. The van der Waals surface area contributed by atoms with E-state index < -0.39 is 9.84 Å². The van der Waals surface area contributed by atoms with Crippen LogP contribution in [0.2, 0.25) is 0 Å². The van der Waals surface area contributed by atoms with Gasteiger partial charge in [0.25, 0.3) is 5.91 Å². The lowest BCUT2D eigenvalue weighted by Crippen LogP contribution is -2.40. The molecule has 0 unspecified atom stereocenters. The van der Waals surface area contributed by atoms with Gasteiger partial charge >= 0.3 is 0 Å². The van der Waals surface area contributed by atoms with Gasteiger partial charge in [-0.1, -0.05) is 42.5 Å². The van der Waals surface area contributed by atoms with E-state index in [-0.39, 0.29) is 42.2 Å². The summed E-state index contributed by atoms with van der Waals surface area (Å²) >= 11 is 0. The smallest absolute Gasteiger partial charge is 0.255 e. The van der Waals surface area contributed by atoms with E-state index in [2.05, 4.69) is 10.6 Å². The van der Waals surface area contributed by atoms with Crippen LogP contribution in [0.15, 0.2) is 77.7 Å². The Bertz CT molecular complexity index is 1400. The standard InChI is InChI=1S/C29H33N3O6S/c1-37-24-12-13-26-27(18-24)38-17-15-30-28(33)20-32(16-7-14-31-29(26)34)19-22-8-5-6-9-23(22)21-39(35,36)25-10-3-2-4-11-25/h2-6,8-13,18H,7,14-17,19-21H2,1H3,(H,30,33)(H,31,34). The molecular weight excluding hydrogens is 518 g/mol. The molecule has 0 bridgehead atoms. The number of nitrogens with one attached hydrogen (secondary N) is 2. The monoisotopic (exact) mass is 551 g/mol. The zero-order chi connectivity index (χ0) is 27.7. The van der Waals surface area contributed by atoms with Crippen molar-refractivity contribution in [1.82, 2.24) is 15.5 Å². The highest BCUT2D eigenvalue weighted by Gasteiger charge is 2.20. The third-order valence-corrected chi connectivity index (χ3v) is 8.06. The lowest BCUT2D eigenvalue weighted by molar-refractivity contribution is -0.122. The number of hydrogen-bond donors (Lipinski definition) is 2. The van der Waals surface area contributed by atoms with Gasteiger partial charge < -0.3 is 20.1 Å². The summed E-state index contributed by atoms with van der Waals surface area (Å²) in [5, 5.41) is 5.78. The van der Waals surface area contributed by atoms with Crippen LogP contribution in [-0.4, -0.2) is 65.0 Å². The van der Waals surface area contributed by atoms with E-state index >= 15 is 0 Å². The van der Waals surface area contributed by atoms with Crippen molar-refractivity contribution in [1.29, 1.82) is 0 Å². The normalized spacial score (nSPS) is 15.7. The van der Waals surface area contributed by atoms with Gasteiger partial charge in [-0.3, -0.25) is 14.5 Å². The molecule has 0 saturated heterocycles. The van der Waals surface area contributed by atoms with Crippen molar-refractivity contribution in [3.05, 3.63) is 89.5 Å². The Morgan fingerprint density at radius 1 is 0.923 bits per heavy atom. The number of rotatable bonds is 6. The van der Waals surface area contributed by atoms with Gasteiger partial charge in [0.2, 0.25) is 5.91 Å². The van der Waals surface area contributed by atoms with Crippen LogP contribution in [0.25, 0.3) is 0 Å². The molecule has 39 heavy (non-hydrogen) atoms. The number of nitrogens with zero attached hydrogens (tertiary/aromatic N) is 1. The molecule has 206 valence electrons. The molecule has 0 aromatic heterocycles. The summed E-state index contributed by atoms with van der Waals surface area (Å²) in [6.45, 7) is 1.88. The lowest BCUT2D eigenvalue weighted by Gasteiger charge is -2.24. The first-order valence-electron chi connectivity index (χ1n) is 12.8. The van der Waals surface area contributed by atoms with E-state index in [9.17, 15) is 18.0 Å². The first-order chi connectivity index (χ1) is 18.9. The van der Waals surface area contributed by atoms with Crippen molar-refractivity contribution in [3.8, 4) is 11.5 Å². The van der Waals surface area contributed by atoms with Crippen LogP contribution < -0.4 is 20.1 Å². The van der Waals surface area contributed by atoms with Crippen molar-refractivity contribution in [2.24, 2.45) is 0 Å². The SMILES string of the molecule is COc1ccc2c(c1)OCCNC(=O)CN(Cc1ccccc1CS(=O)(=O)c1ccccc1)CCCNC2=O. The van der Waals surface area contributed by atoms with Crippen molar-refractivity contribution >= 4 is 21.7 Å². The molecule has 0 aliphatic carbocycles. The van der Waals surface area contributed by atoms with E-state index in [1.54, 1.807) is 48.5 Å². The summed E-state index contributed by atoms with van der Waals surface area (Å²) in [6, 6.07) is 20.8. The second-order valence-electron chi connectivity index (χ2n) is 9.22. The third-order valence-electron chi connectivity index (χ3n) is 6.38. The van der Waals surface area contributed by atoms with Crippen molar-refractivity contribution < 1.29 is 27.5 Å². The molecule has 0 spiro atoms. The van der Waals surface area contributed by atoms with Gasteiger partial charge in [0.15, 0.2) is 9.84 Å². The lowest BCUT2D eigenvalue weighted by atomic mass is 10.1. The molecule has 0 radical (unpaired) electrons. The third kappa shape index (κ3) is 7.81. The van der Waals surface area contributed by atoms with Crippen molar-refractivity contribution in [3.63, 3.8) is 0 Å². The maximum Gasteiger partial charge on any atom is 0.255 e. The van der Waals surface area contributed by atoms with Gasteiger partial charge in [0, 0.05) is 25.7 Å². The van der Waals surface area contributed by atoms with Crippen LogP contribution in [-0.2, 0) is 26.9 Å². The fourth-order valence-corrected chi connectivity index (χ4v) is 5.80. The number of sulfone groups is 1. The van der Waals surface area contributed by atoms with E-state index in [1.807, 2.05) is 29.2 Å². The summed E-state index contributed by atoms with van der Waals surface area (Å²) < 4.78 is 37.1. The summed E-state index contributed by atoms with van der Waals surface area (Å²) in [5.74, 6) is 0.405. The number of fused-ring (bicyclic) bond motifs is 1. The fourth-order valence-electron chi connectivity index (χ4n) is 4.37. The Morgan fingerprint density at radius 2 is 1.67 bits per heavy atom. The number of amides is 2. The summed E-state index contributed by atoms with van der Waals surface area (Å²) in [5.41, 5.74) is 1.92. The number of carbonyl (C=O) groups is 2. The molecule has 2 N–H and O–H groups in total. The van der Waals surface area contributed by atoms with Crippen LogP contribution in [0, 0.1) is 0 Å². The molecule has 0 saturated carbocycles. The summed E-state index contributed by atoms with van der Waals surface area (Å²) in [4.78, 5) is 27.8. The Labute approximate surface area is 229 Å². The van der Waals surface area contributed by atoms with Crippen molar-refractivity contribution in [2.45, 2.75) is 23.6 Å². The first-order valence-corrected chi connectivity index (χ1v) is 14.4. The van der Waals surface area contributed by atoms with Gasteiger partial charge in [0.1, 0.15) is 18.1 Å². The van der Waals surface area contributed by atoms with Crippen LogP contribution >= 0.6 is 0 Å². The van der Waals surface area contributed by atoms with E-state index in [0.717, 1.165) is 5.56 Å². The van der Waals surface area contributed by atoms with Crippen molar-refractivity contribution in [2.75, 3.05) is 39.9 Å². The van der Waals surface area contributed by atoms with Crippen LogP contribution in [0.3, 0.4) is 0 Å². The van der Waals surface area contributed by atoms with E-state index in [1.165, 1.54) is 7.11 Å². The summed E-state index contributed by atoms with van der Waals surface area (Å²) in [7, 11) is -1.99. The average Bonchev–Trinajstić information content (AvgIpc) is 2.94. The molecule has 1 heterocycles. The minimum Gasteiger partial charge on any atom is -0.497 e. The Morgan fingerprint density at radius 3 is 2.44 bits per heavy atom. The Kier molecular flexibility index (Phi) is 9.56. The van der Waals surface area contributed by atoms with Gasteiger partial charge in [0.05, 0.1) is 36.4 Å². The number of hydrogen-bond acceptors (Lipinski definition) is 7. The maximum atomic E-state index is 13.0. The van der Waals surface area contributed by atoms with Gasteiger partial charge in [-0.25, -0.2) is 8.42 Å². The van der Waals surface area contributed by atoms with Gasteiger partial charge in [-0.05, 0) is 41.8 Å². The topological polar surface area (TPSA) is 114 Å². The van der Waals surface area contributed by atoms with Gasteiger partial charge in [-0.2, -0.15) is 0 Å². The molecule has 1 aliphatic heterocycles. The molecule has 3 aromatic rings. The average molecular weight is 552 g/mol. The largest absolute Gasteiger partial charge is 0.497 e. The molecule has 1 aliphatic rings. The quantitative estimate of drug-likeness (QED) is 0.484. The second-order valence-corrected chi connectivity index (χ2v) is 11.2. The molecule has 2 amide bonds. The second kappa shape index (κ2) is 13.3. The number of benzene rings is 3. The fraction of sp³-hybridized carbons (Fsp3) is 0.310. The van der Waals surface area contributed by atoms with Gasteiger partial charge in [-0.15, -0.1) is 0 Å². The zero-order valence-corrected chi connectivity index (χ0v) is 22.7. The minimum atomic E-state index is -3.53. The van der Waals surface area contributed by atoms with Crippen LogP contribution in [0.1, 0.15) is 27.9 Å². The summed E-state index contributed by atoms with van der Waals surface area (Å²) in [6.07, 6.45) is 0.593. The predicted octanol–water partition coefficient (Wildman–Crippen LogP) is 2.80. The number of ether oxygens (including phenoxy) is 2. The number of methoxy groups -OCH3 is 1. The van der Waals surface area contributed by atoms with E-state index in [0.29, 0.717) is 48.7 Å². The van der Waals surface area contributed by atoms with E-state index in [4.69, 9.17) is 9.47 Å². The molecule has 10 heteroatoms. The molecule has 3 aromatic carbocycles. The first kappa shape index (κ1) is 28.1. The number of carbonyl (C=O) groups excluding carboxylic acids is 2. The highest BCUT2D eigenvalue weighted by atomic mass is 32.2. The predicted molar refractivity (Wildman–Crippen MR) is 147 cm³/mol. The molecular formula is C29H33N3O6S. The zero-order valence-electron chi connectivity index (χ0n) is 21.9. The highest BCUT2D eigenvalue weighted by Crippen LogP contribution is 2.25. The molecule has 0 atom stereocenters. The minimum absolute atomic E-state index is 0.123. The Hall–Kier alpha value is -3.89. The maximum absolute atomic E-state index is 13.0. The molecule has 0 fully saturated rings. The molecule has 4 rings (SSSR count). The Balaban J connectivity index is 1.47. The van der Waals surface area contributed by atoms with Crippen LogP contribution in [0.4, 0.5) is 0 Å². The molecule has 9 nitrogen and oxygen atoms in total.